The number of aryl methyl sites for hydroxylation is 2. The first-order valence-corrected chi connectivity index (χ1v) is 15.2. The zero-order valence-corrected chi connectivity index (χ0v) is 29.1. The molecule has 0 heterocycles. The summed E-state index contributed by atoms with van der Waals surface area (Å²) in [4.78, 5) is 4.19. The first kappa shape index (κ1) is 35.2. The molecule has 0 aliphatic heterocycles. The first-order chi connectivity index (χ1) is 21.9. The van der Waals surface area contributed by atoms with Gasteiger partial charge in [-0.3, -0.25) is 4.55 Å². The molecule has 4 N–H and O–H groups in total. The van der Waals surface area contributed by atoms with Gasteiger partial charge in [-0.15, -0.1) is 10.2 Å². The van der Waals surface area contributed by atoms with Gasteiger partial charge in [-0.1, -0.05) is 12.1 Å². The van der Waals surface area contributed by atoms with Crippen LogP contribution in [0.2, 0.25) is 0 Å². The first-order valence-electron chi connectivity index (χ1n) is 13.8. The fourth-order valence-corrected chi connectivity index (χ4v) is 5.02. The molecule has 0 bridgehead atoms. The van der Waals surface area contributed by atoms with E-state index in [4.69, 9.17) is 15.2 Å². The molecule has 0 saturated heterocycles. The van der Waals surface area contributed by atoms with E-state index in [0.717, 1.165) is 11.1 Å². The molecule has 12 nitrogen and oxygen atoms in total. The van der Waals surface area contributed by atoms with Crippen molar-refractivity contribution >= 4 is 60.9 Å². The quantitative estimate of drug-likeness (QED) is 0.0447. The molecule has 0 amide bonds. The van der Waals surface area contributed by atoms with E-state index in [1.807, 2.05) is 26.0 Å². The molecule has 0 atom stereocenters. The van der Waals surface area contributed by atoms with Crippen molar-refractivity contribution in [2.45, 2.75) is 18.7 Å². The summed E-state index contributed by atoms with van der Waals surface area (Å²) in [5.74, 6) is 0.646. The van der Waals surface area contributed by atoms with Gasteiger partial charge in [0.05, 0.1) is 36.2 Å². The summed E-state index contributed by atoms with van der Waals surface area (Å²) in [6.45, 7) is 3.73. The van der Waals surface area contributed by atoms with E-state index in [2.05, 4.69) is 25.4 Å². The van der Waals surface area contributed by atoms with Gasteiger partial charge < -0.3 is 20.3 Å². The second-order valence-corrected chi connectivity index (χ2v) is 11.7. The summed E-state index contributed by atoms with van der Waals surface area (Å²) in [7, 11) is -1.31. The molecule has 5 rings (SSSR count). The van der Waals surface area contributed by atoms with Gasteiger partial charge in [0.2, 0.25) is 5.90 Å². The van der Waals surface area contributed by atoms with Crippen LogP contribution < -0.4 is 44.8 Å². The molecular weight excluding hydrogens is 631 g/mol. The molecule has 0 aliphatic carbocycles. The summed E-state index contributed by atoms with van der Waals surface area (Å²) in [5.41, 5.74) is 10.9. The van der Waals surface area contributed by atoms with Crippen LogP contribution in [0.5, 0.6) is 11.5 Å². The molecule has 0 aromatic heterocycles. The van der Waals surface area contributed by atoms with Gasteiger partial charge in [0.15, 0.2) is 0 Å². The van der Waals surface area contributed by atoms with Gasteiger partial charge in [0.1, 0.15) is 22.9 Å². The average Bonchev–Trinajstić information content (AvgIpc) is 3.03. The third kappa shape index (κ3) is 8.39. The van der Waals surface area contributed by atoms with Gasteiger partial charge in [-0.05, 0) is 96.4 Å². The number of nitrogens with zero attached hydrogens (tertiary/aromatic N) is 5. The van der Waals surface area contributed by atoms with E-state index in [9.17, 15) is 18.1 Å². The predicted molar refractivity (Wildman–Crippen MR) is 177 cm³/mol. The SMILES string of the molecule is COc1cc(N=Nc2cc(C)c(N=C(O)c3ccc(N)cc3)cc2C)c(OC)cc1N=Nc1ccc2cc(S(=O)(=O)O)ccc2c1.[Na+]. The second-order valence-electron chi connectivity index (χ2n) is 10.2. The van der Waals surface area contributed by atoms with Crippen LogP contribution in [0, 0.1) is 13.8 Å². The van der Waals surface area contributed by atoms with Crippen LogP contribution in [-0.4, -0.2) is 38.2 Å². The molecular formula is C33H30N6NaO6S+. The number of nitrogen functional groups attached to an aromatic ring is 1. The van der Waals surface area contributed by atoms with E-state index >= 15 is 0 Å². The number of hydrogen-bond acceptors (Lipinski definition) is 10. The molecule has 5 aromatic carbocycles. The Kier molecular flexibility index (Phi) is 11.1. The fourth-order valence-electron chi connectivity index (χ4n) is 4.50. The zero-order valence-electron chi connectivity index (χ0n) is 26.3. The maximum atomic E-state index is 11.4. The van der Waals surface area contributed by atoms with Gasteiger partial charge in [-0.2, -0.15) is 18.6 Å². The fraction of sp³-hybridized carbons (Fsp3) is 0.121. The maximum Gasteiger partial charge on any atom is 1.00 e. The number of nitrogens with two attached hydrogens (primary N) is 1. The van der Waals surface area contributed by atoms with E-state index < -0.39 is 10.1 Å². The van der Waals surface area contributed by atoms with Crippen molar-refractivity contribution in [2.75, 3.05) is 20.0 Å². The molecule has 14 heteroatoms. The number of aliphatic hydroxyl groups is 1. The molecule has 0 spiro atoms. The van der Waals surface area contributed by atoms with Crippen molar-refractivity contribution in [3.63, 3.8) is 0 Å². The number of benzene rings is 5. The number of azo groups is 2. The molecule has 0 unspecified atom stereocenters. The Morgan fingerprint density at radius 3 is 1.83 bits per heavy atom. The minimum atomic E-state index is -4.31. The van der Waals surface area contributed by atoms with Crippen molar-refractivity contribution in [2.24, 2.45) is 25.4 Å². The summed E-state index contributed by atoms with van der Waals surface area (Å²) in [5, 5.41) is 29.3. The van der Waals surface area contributed by atoms with Gasteiger partial charge >= 0.3 is 29.6 Å². The normalized spacial score (nSPS) is 12.1. The maximum absolute atomic E-state index is 11.4. The number of rotatable bonds is 9. The second kappa shape index (κ2) is 14.8. The molecule has 47 heavy (non-hydrogen) atoms. The Labute approximate surface area is 293 Å². The van der Waals surface area contributed by atoms with E-state index in [-0.39, 0.29) is 40.4 Å². The molecule has 234 valence electrons. The summed E-state index contributed by atoms with van der Waals surface area (Å²) in [6.07, 6.45) is 0. The van der Waals surface area contributed by atoms with Crippen molar-refractivity contribution < 1.29 is 57.1 Å². The number of ether oxygens (including phenoxy) is 2. The summed E-state index contributed by atoms with van der Waals surface area (Å²) >= 11 is 0. The Balaban J connectivity index is 0.00000500. The smallest absolute Gasteiger partial charge is 0.494 e. The van der Waals surface area contributed by atoms with Crippen molar-refractivity contribution in [3.8, 4) is 11.5 Å². The van der Waals surface area contributed by atoms with Crippen LogP contribution in [0.3, 0.4) is 0 Å². The minimum Gasteiger partial charge on any atom is -0.494 e. The van der Waals surface area contributed by atoms with Crippen molar-refractivity contribution in [1.82, 2.24) is 0 Å². The third-order valence-electron chi connectivity index (χ3n) is 7.02. The van der Waals surface area contributed by atoms with Crippen molar-refractivity contribution in [1.29, 1.82) is 0 Å². The molecule has 0 aliphatic rings. The minimum absolute atomic E-state index is 0. The molecule has 0 fully saturated rings. The van der Waals surface area contributed by atoms with Crippen LogP contribution in [0.25, 0.3) is 10.8 Å². The Hall–Kier alpha value is -4.66. The Morgan fingerprint density at radius 2 is 1.21 bits per heavy atom. The number of fused-ring (bicyclic) bond motifs is 1. The monoisotopic (exact) mass is 661 g/mol. The Bertz CT molecular complexity index is 2150. The largest absolute Gasteiger partial charge is 1.00 e. The van der Waals surface area contributed by atoms with Crippen LogP contribution in [0.1, 0.15) is 16.7 Å². The standard InChI is InChI=1S/C33H30N6O6S.Na/c1-19-14-28(20(2)13-27(19)35-33(40)21-5-9-24(34)10-6-21)37-39-30-18-31(44-3)29(17-32(30)45-4)38-36-25-11-7-23-16-26(46(41,42)43)12-8-22(23)15-25;/h5-18H,34H2,1-4H3,(H,35,40)(H,41,42,43);/q;+1. The van der Waals surface area contributed by atoms with Crippen LogP contribution in [-0.2, 0) is 10.1 Å². The van der Waals surface area contributed by atoms with Crippen LogP contribution in [0.4, 0.5) is 34.1 Å². The number of aliphatic imine (C=N–C) groups is 1. The van der Waals surface area contributed by atoms with E-state index in [1.165, 1.54) is 26.4 Å². The van der Waals surface area contributed by atoms with E-state index in [0.29, 0.717) is 62.0 Å². The predicted octanol–water partition coefficient (Wildman–Crippen LogP) is 5.77. The topological polar surface area (TPSA) is 181 Å². The Morgan fingerprint density at radius 1 is 0.681 bits per heavy atom. The zero-order chi connectivity index (χ0) is 33.0. The molecule has 0 saturated carbocycles. The average molecular weight is 662 g/mol. The third-order valence-corrected chi connectivity index (χ3v) is 7.87. The van der Waals surface area contributed by atoms with E-state index in [1.54, 1.807) is 60.7 Å². The van der Waals surface area contributed by atoms with Crippen LogP contribution in [0.15, 0.2) is 115 Å². The van der Waals surface area contributed by atoms with Gasteiger partial charge in [0, 0.05) is 23.4 Å². The van der Waals surface area contributed by atoms with Gasteiger partial charge in [-0.25, -0.2) is 4.99 Å². The number of methoxy groups -OCH3 is 2. The summed E-state index contributed by atoms with van der Waals surface area (Å²) < 4.78 is 43.3. The molecule has 0 radical (unpaired) electrons. The van der Waals surface area contributed by atoms with Gasteiger partial charge in [0.25, 0.3) is 10.1 Å². The van der Waals surface area contributed by atoms with Crippen LogP contribution >= 0.6 is 0 Å². The summed E-state index contributed by atoms with van der Waals surface area (Å²) in [6, 6.07) is 23.1. The number of anilines is 1. The molecule has 5 aromatic rings. The van der Waals surface area contributed by atoms with Crippen molar-refractivity contribution in [3.05, 3.63) is 102 Å². The number of hydrogen-bond donors (Lipinski definition) is 3. The number of aliphatic hydroxyl groups excluding tert-OH is 1.